The summed E-state index contributed by atoms with van der Waals surface area (Å²) < 4.78 is 29.5. The molecule has 1 aromatic rings. The Balaban J connectivity index is 1.92. The molecule has 2 heterocycles. The Morgan fingerprint density at radius 2 is 1.70 bits per heavy atom. The van der Waals surface area contributed by atoms with E-state index in [1.807, 2.05) is 20.8 Å². The lowest BCUT2D eigenvalue weighted by Gasteiger charge is -2.62. The van der Waals surface area contributed by atoms with Crippen molar-refractivity contribution in [2.24, 2.45) is 17.3 Å². The zero-order chi connectivity index (χ0) is 24.3. The van der Waals surface area contributed by atoms with Crippen LogP contribution in [0.4, 0.5) is 0 Å². The topological polar surface area (TPSA) is 122 Å². The number of furan rings is 1. The molecule has 0 radical (unpaired) electrons. The van der Waals surface area contributed by atoms with Crippen LogP contribution in [0.25, 0.3) is 0 Å². The smallest absolute Gasteiger partial charge is 0.374 e. The minimum atomic E-state index is -1.25. The van der Waals surface area contributed by atoms with Crippen LogP contribution >= 0.6 is 0 Å². The number of rotatable bonds is 4. The van der Waals surface area contributed by atoms with Gasteiger partial charge in [-0.25, -0.2) is 4.79 Å². The van der Waals surface area contributed by atoms with E-state index in [0.29, 0.717) is 12.8 Å². The molecule has 1 saturated heterocycles. The number of aliphatic hydroxyl groups excluding tert-OH is 1. The van der Waals surface area contributed by atoms with Gasteiger partial charge in [-0.3, -0.25) is 9.59 Å². The summed E-state index contributed by atoms with van der Waals surface area (Å²) >= 11 is 0. The van der Waals surface area contributed by atoms with Crippen molar-refractivity contribution in [3.8, 4) is 0 Å². The first kappa shape index (κ1) is 23.8. The van der Waals surface area contributed by atoms with Gasteiger partial charge in [0.05, 0.1) is 29.3 Å². The summed E-state index contributed by atoms with van der Waals surface area (Å²) in [5, 5.41) is 11.4. The molecule has 9 nitrogen and oxygen atoms in total. The van der Waals surface area contributed by atoms with Crippen molar-refractivity contribution in [2.75, 3.05) is 0 Å². The van der Waals surface area contributed by atoms with Crippen molar-refractivity contribution in [3.05, 3.63) is 24.2 Å². The Bertz CT molecular complexity index is 938. The standard InChI is InChI=1S/C24H32O9/c1-12-9-10-16(27)23(6)20(32-21(28)15-8-7-11-29-15)18(30-13(2)25)17-19(31-14(3)26)24(12,23)33-22(17,4)5/h7-8,11-12,16-20,27H,9-10H2,1-6H3/t12-,16+,17-,18-,19-,20+,23+,24-/m1/s1. The molecule has 1 aromatic heterocycles. The molecule has 3 aliphatic rings. The van der Waals surface area contributed by atoms with Crippen LogP contribution in [0.2, 0.25) is 0 Å². The van der Waals surface area contributed by atoms with Gasteiger partial charge in [0.1, 0.15) is 17.8 Å². The molecule has 1 N–H and O–H groups in total. The van der Waals surface area contributed by atoms with Crippen LogP contribution in [0.5, 0.6) is 0 Å². The highest BCUT2D eigenvalue weighted by Crippen LogP contribution is 2.67. The van der Waals surface area contributed by atoms with E-state index in [0.717, 1.165) is 0 Å². The Kier molecular flexibility index (Phi) is 5.64. The number of ether oxygens (including phenoxy) is 4. The van der Waals surface area contributed by atoms with Crippen LogP contribution in [-0.4, -0.2) is 58.6 Å². The van der Waals surface area contributed by atoms with Crippen molar-refractivity contribution in [2.45, 2.75) is 90.0 Å². The summed E-state index contributed by atoms with van der Waals surface area (Å²) in [6.45, 7) is 10.00. The van der Waals surface area contributed by atoms with Gasteiger partial charge in [0.2, 0.25) is 5.76 Å². The van der Waals surface area contributed by atoms with Gasteiger partial charge in [0, 0.05) is 13.8 Å². The highest BCUT2D eigenvalue weighted by atomic mass is 16.6. The summed E-state index contributed by atoms with van der Waals surface area (Å²) in [4.78, 5) is 37.4. The average Bonchev–Trinajstić information content (AvgIpc) is 3.30. The van der Waals surface area contributed by atoms with Gasteiger partial charge in [-0.1, -0.05) is 13.8 Å². The van der Waals surface area contributed by atoms with Gasteiger partial charge < -0.3 is 28.5 Å². The second-order valence-electron chi connectivity index (χ2n) is 10.2. The number of hydrogen-bond acceptors (Lipinski definition) is 9. The molecule has 1 aliphatic heterocycles. The van der Waals surface area contributed by atoms with Crippen molar-refractivity contribution >= 4 is 17.9 Å². The van der Waals surface area contributed by atoms with E-state index in [1.165, 1.54) is 26.2 Å². The summed E-state index contributed by atoms with van der Waals surface area (Å²) in [5.41, 5.74) is -3.34. The van der Waals surface area contributed by atoms with Crippen molar-refractivity contribution in [1.82, 2.24) is 0 Å². The molecule has 2 saturated carbocycles. The molecule has 0 amide bonds. The average molecular weight is 465 g/mol. The maximum atomic E-state index is 13.0. The monoisotopic (exact) mass is 464 g/mol. The third kappa shape index (κ3) is 3.31. The van der Waals surface area contributed by atoms with Gasteiger partial charge in [0.25, 0.3) is 0 Å². The fourth-order valence-electron chi connectivity index (χ4n) is 6.64. The Hall–Kier alpha value is -2.39. The first-order chi connectivity index (χ1) is 15.4. The first-order valence-corrected chi connectivity index (χ1v) is 11.3. The van der Waals surface area contributed by atoms with Crippen LogP contribution in [0.1, 0.15) is 64.9 Å². The molecular weight excluding hydrogens is 432 g/mol. The number of hydrogen-bond donors (Lipinski definition) is 1. The van der Waals surface area contributed by atoms with Crippen LogP contribution in [0, 0.1) is 17.3 Å². The van der Waals surface area contributed by atoms with E-state index in [-0.39, 0.29) is 11.7 Å². The molecule has 0 aromatic carbocycles. The largest absolute Gasteiger partial charge is 0.459 e. The highest BCUT2D eigenvalue weighted by molar-refractivity contribution is 5.86. The molecular formula is C24H32O9. The number of carbonyl (C=O) groups is 3. The Morgan fingerprint density at radius 3 is 2.27 bits per heavy atom. The lowest BCUT2D eigenvalue weighted by molar-refractivity contribution is -0.297. The SMILES string of the molecule is CC(=O)O[C@@H]1[C@@H]2[C@@H](OC(C)=O)[C@]3(OC2(C)C)[C@H](C)CC[C@H](O)[C@@]3(C)[C@H]1OC(=O)c1ccco1. The van der Waals surface area contributed by atoms with E-state index in [1.54, 1.807) is 13.0 Å². The predicted octanol–water partition coefficient (Wildman–Crippen LogP) is 2.64. The molecule has 1 spiro atoms. The number of esters is 3. The highest BCUT2D eigenvalue weighted by Gasteiger charge is 2.81. The number of fused-ring (bicyclic) bond motifs is 1. The number of aliphatic hydroxyl groups is 1. The maximum absolute atomic E-state index is 13.0. The molecule has 2 bridgehead atoms. The zero-order valence-electron chi connectivity index (χ0n) is 19.8. The normalized spacial score (nSPS) is 41.1. The molecule has 182 valence electrons. The van der Waals surface area contributed by atoms with Crippen LogP contribution < -0.4 is 0 Å². The Morgan fingerprint density at radius 1 is 1.03 bits per heavy atom. The fraction of sp³-hybridized carbons (Fsp3) is 0.708. The van der Waals surface area contributed by atoms with E-state index in [4.69, 9.17) is 23.4 Å². The molecule has 4 rings (SSSR count). The van der Waals surface area contributed by atoms with Crippen molar-refractivity contribution in [1.29, 1.82) is 0 Å². The molecule has 2 aliphatic carbocycles. The minimum Gasteiger partial charge on any atom is -0.459 e. The molecule has 0 unspecified atom stereocenters. The van der Waals surface area contributed by atoms with Crippen molar-refractivity contribution in [3.63, 3.8) is 0 Å². The molecule has 8 atom stereocenters. The second kappa shape index (κ2) is 7.84. The lowest BCUT2D eigenvalue weighted by Crippen LogP contribution is -2.76. The number of carbonyl (C=O) groups excluding carboxylic acids is 3. The first-order valence-electron chi connectivity index (χ1n) is 11.3. The van der Waals surface area contributed by atoms with Gasteiger partial charge in [0.15, 0.2) is 6.10 Å². The van der Waals surface area contributed by atoms with Gasteiger partial charge >= 0.3 is 17.9 Å². The zero-order valence-corrected chi connectivity index (χ0v) is 19.8. The Labute approximate surface area is 192 Å². The quantitative estimate of drug-likeness (QED) is 0.529. The summed E-state index contributed by atoms with van der Waals surface area (Å²) in [5.74, 6) is -2.64. The van der Waals surface area contributed by atoms with E-state index >= 15 is 0 Å². The van der Waals surface area contributed by atoms with Crippen LogP contribution in [0.3, 0.4) is 0 Å². The van der Waals surface area contributed by atoms with Crippen molar-refractivity contribution < 1.29 is 42.9 Å². The lowest BCUT2D eigenvalue weighted by atomic mass is 9.48. The van der Waals surface area contributed by atoms with Gasteiger partial charge in [-0.2, -0.15) is 0 Å². The third-order valence-electron chi connectivity index (χ3n) is 7.92. The van der Waals surface area contributed by atoms with Gasteiger partial charge in [-0.05, 0) is 44.7 Å². The summed E-state index contributed by atoms with van der Waals surface area (Å²) in [6, 6.07) is 3.04. The fourth-order valence-corrected chi connectivity index (χ4v) is 6.64. The molecule has 9 heteroatoms. The minimum absolute atomic E-state index is 0.0118. The third-order valence-corrected chi connectivity index (χ3v) is 7.92. The van der Waals surface area contributed by atoms with E-state index in [2.05, 4.69) is 0 Å². The summed E-state index contributed by atoms with van der Waals surface area (Å²) in [6.07, 6.45) is -1.50. The second-order valence-corrected chi connectivity index (χ2v) is 10.2. The van der Waals surface area contributed by atoms with E-state index < -0.39 is 64.9 Å². The van der Waals surface area contributed by atoms with E-state index in [9.17, 15) is 19.5 Å². The maximum Gasteiger partial charge on any atom is 0.374 e. The van der Waals surface area contributed by atoms with Crippen LogP contribution in [-0.2, 0) is 28.5 Å². The summed E-state index contributed by atoms with van der Waals surface area (Å²) in [7, 11) is 0. The molecule has 33 heavy (non-hydrogen) atoms. The predicted molar refractivity (Wildman–Crippen MR) is 113 cm³/mol. The van der Waals surface area contributed by atoms with Crippen LogP contribution in [0.15, 0.2) is 22.8 Å². The van der Waals surface area contributed by atoms with Gasteiger partial charge in [-0.15, -0.1) is 0 Å². The molecule has 3 fully saturated rings.